The zero-order valence-corrected chi connectivity index (χ0v) is 10.9. The third-order valence-electron chi connectivity index (χ3n) is 3.53. The van der Waals surface area contributed by atoms with E-state index in [0.717, 1.165) is 27.8 Å². The van der Waals surface area contributed by atoms with E-state index in [0.29, 0.717) is 5.56 Å². The molecule has 3 nitrogen and oxygen atoms in total. The van der Waals surface area contributed by atoms with Crippen LogP contribution in [0.2, 0.25) is 0 Å². The predicted octanol–water partition coefficient (Wildman–Crippen LogP) is 3.51. The average Bonchev–Trinajstić information content (AvgIpc) is 2.78. The van der Waals surface area contributed by atoms with Crippen LogP contribution in [0, 0.1) is 25.2 Å². The Hall–Kier alpha value is -2.60. The van der Waals surface area contributed by atoms with Crippen molar-refractivity contribution in [3.05, 3.63) is 59.7 Å². The van der Waals surface area contributed by atoms with Crippen molar-refractivity contribution in [1.29, 1.82) is 5.26 Å². The minimum absolute atomic E-state index is 0.703. The normalized spacial score (nSPS) is 10.6. The quantitative estimate of drug-likeness (QED) is 0.660. The maximum Gasteiger partial charge on any atom is 0.0998 e. The van der Waals surface area contributed by atoms with Gasteiger partial charge in [-0.25, -0.2) is 4.98 Å². The van der Waals surface area contributed by atoms with Crippen LogP contribution < -0.4 is 0 Å². The topological polar surface area (TPSA) is 41.6 Å². The molecule has 1 heterocycles. The van der Waals surface area contributed by atoms with Crippen LogP contribution in [0.4, 0.5) is 0 Å². The summed E-state index contributed by atoms with van der Waals surface area (Å²) in [5.41, 5.74) is 3.91. The summed E-state index contributed by atoms with van der Waals surface area (Å²) in [4.78, 5) is 4.34. The fraction of sp³-hybridized carbons (Fsp3) is 0.125. The van der Waals surface area contributed by atoms with Crippen LogP contribution in [-0.4, -0.2) is 9.55 Å². The Morgan fingerprint density at radius 1 is 1.05 bits per heavy atom. The van der Waals surface area contributed by atoms with Crippen molar-refractivity contribution in [3.8, 4) is 11.8 Å². The maximum absolute atomic E-state index is 9.19. The van der Waals surface area contributed by atoms with Crippen molar-refractivity contribution in [2.45, 2.75) is 13.8 Å². The lowest BCUT2D eigenvalue weighted by molar-refractivity contribution is 1.01. The molecule has 19 heavy (non-hydrogen) atoms. The van der Waals surface area contributed by atoms with Gasteiger partial charge >= 0.3 is 0 Å². The Labute approximate surface area is 111 Å². The van der Waals surface area contributed by atoms with Crippen LogP contribution in [0.15, 0.2) is 42.7 Å². The lowest BCUT2D eigenvalue weighted by Gasteiger charge is -2.10. The molecule has 0 amide bonds. The van der Waals surface area contributed by atoms with Gasteiger partial charge in [0, 0.05) is 16.5 Å². The number of imidazole rings is 1. The number of nitrogens with zero attached hydrogens (tertiary/aromatic N) is 3. The zero-order valence-electron chi connectivity index (χ0n) is 10.9. The van der Waals surface area contributed by atoms with E-state index >= 15 is 0 Å². The number of aromatic nitrogens is 2. The molecule has 0 N–H and O–H groups in total. The molecule has 0 aliphatic heterocycles. The van der Waals surface area contributed by atoms with Gasteiger partial charge in [0.05, 0.1) is 29.3 Å². The first-order chi connectivity index (χ1) is 9.22. The average molecular weight is 247 g/mol. The Balaban J connectivity index is 2.38. The second-order valence-electron chi connectivity index (χ2n) is 4.58. The largest absolute Gasteiger partial charge is 0.303 e. The van der Waals surface area contributed by atoms with Crippen molar-refractivity contribution in [3.63, 3.8) is 0 Å². The van der Waals surface area contributed by atoms with Crippen LogP contribution in [0.1, 0.15) is 17.0 Å². The second-order valence-corrected chi connectivity index (χ2v) is 4.58. The smallest absolute Gasteiger partial charge is 0.0998 e. The van der Waals surface area contributed by atoms with E-state index in [2.05, 4.69) is 22.5 Å². The van der Waals surface area contributed by atoms with Crippen molar-refractivity contribution in [1.82, 2.24) is 9.55 Å². The van der Waals surface area contributed by atoms with Gasteiger partial charge in [-0.2, -0.15) is 5.26 Å². The molecule has 0 saturated carbocycles. The van der Waals surface area contributed by atoms with E-state index in [4.69, 9.17) is 0 Å². The summed E-state index contributed by atoms with van der Waals surface area (Å²) in [5, 5.41) is 11.2. The van der Waals surface area contributed by atoms with Gasteiger partial charge in [0.1, 0.15) is 0 Å². The first-order valence-corrected chi connectivity index (χ1v) is 6.15. The SMILES string of the molecule is Cc1ncn(-c2ccc(C#N)c3ccccc23)c1C. The van der Waals surface area contributed by atoms with E-state index in [-0.39, 0.29) is 0 Å². The van der Waals surface area contributed by atoms with E-state index in [1.54, 1.807) is 0 Å². The second kappa shape index (κ2) is 4.25. The highest BCUT2D eigenvalue weighted by atomic mass is 15.1. The minimum Gasteiger partial charge on any atom is -0.303 e. The summed E-state index contributed by atoms with van der Waals surface area (Å²) in [5.74, 6) is 0. The zero-order chi connectivity index (χ0) is 13.4. The molecule has 0 radical (unpaired) electrons. The molecule has 0 spiro atoms. The van der Waals surface area contributed by atoms with E-state index in [1.807, 2.05) is 49.6 Å². The summed E-state index contributed by atoms with van der Waals surface area (Å²) in [6.07, 6.45) is 1.83. The molecule has 0 atom stereocenters. The van der Waals surface area contributed by atoms with Gasteiger partial charge in [0.25, 0.3) is 0 Å². The number of rotatable bonds is 1. The number of hydrogen-bond acceptors (Lipinski definition) is 2. The van der Waals surface area contributed by atoms with Crippen LogP contribution in [-0.2, 0) is 0 Å². The lowest BCUT2D eigenvalue weighted by atomic mass is 10.0. The van der Waals surface area contributed by atoms with Crippen molar-refractivity contribution >= 4 is 10.8 Å². The molecule has 2 aromatic carbocycles. The fourth-order valence-electron chi connectivity index (χ4n) is 2.33. The summed E-state index contributed by atoms with van der Waals surface area (Å²) < 4.78 is 2.07. The molecular weight excluding hydrogens is 234 g/mol. The van der Waals surface area contributed by atoms with Gasteiger partial charge in [-0.1, -0.05) is 24.3 Å². The van der Waals surface area contributed by atoms with Gasteiger partial charge < -0.3 is 4.57 Å². The molecular formula is C16H13N3. The molecule has 0 aliphatic rings. The summed E-state index contributed by atoms with van der Waals surface area (Å²) in [6, 6.07) is 14.1. The van der Waals surface area contributed by atoms with E-state index in [9.17, 15) is 5.26 Å². The Morgan fingerprint density at radius 2 is 1.79 bits per heavy atom. The van der Waals surface area contributed by atoms with Gasteiger partial charge in [-0.15, -0.1) is 0 Å². The third-order valence-corrected chi connectivity index (χ3v) is 3.53. The van der Waals surface area contributed by atoms with Crippen LogP contribution in [0.5, 0.6) is 0 Å². The highest BCUT2D eigenvalue weighted by Crippen LogP contribution is 2.26. The molecule has 0 bridgehead atoms. The Kier molecular flexibility index (Phi) is 2.57. The number of fused-ring (bicyclic) bond motifs is 1. The van der Waals surface area contributed by atoms with Crippen molar-refractivity contribution in [2.24, 2.45) is 0 Å². The highest BCUT2D eigenvalue weighted by Gasteiger charge is 2.09. The third kappa shape index (κ3) is 1.69. The molecule has 1 aromatic heterocycles. The summed E-state index contributed by atoms with van der Waals surface area (Å²) in [7, 11) is 0. The molecule has 3 aromatic rings. The molecule has 0 saturated heterocycles. The fourth-order valence-corrected chi connectivity index (χ4v) is 2.33. The number of benzene rings is 2. The first-order valence-electron chi connectivity index (χ1n) is 6.15. The molecule has 0 aliphatic carbocycles. The minimum atomic E-state index is 0.703. The molecule has 3 heteroatoms. The van der Waals surface area contributed by atoms with Crippen molar-refractivity contribution in [2.75, 3.05) is 0 Å². The number of nitriles is 1. The number of hydrogen-bond donors (Lipinski definition) is 0. The predicted molar refractivity (Wildman–Crippen MR) is 75.3 cm³/mol. The van der Waals surface area contributed by atoms with Crippen LogP contribution in [0.25, 0.3) is 16.5 Å². The highest BCUT2D eigenvalue weighted by molar-refractivity contribution is 5.94. The lowest BCUT2D eigenvalue weighted by Crippen LogP contribution is -1.97. The van der Waals surface area contributed by atoms with Gasteiger partial charge in [0.15, 0.2) is 0 Å². The molecule has 92 valence electrons. The van der Waals surface area contributed by atoms with Crippen molar-refractivity contribution < 1.29 is 0 Å². The van der Waals surface area contributed by atoms with Gasteiger partial charge in [-0.05, 0) is 26.0 Å². The van der Waals surface area contributed by atoms with Crippen LogP contribution >= 0.6 is 0 Å². The molecule has 0 fully saturated rings. The Morgan fingerprint density at radius 3 is 2.42 bits per heavy atom. The molecule has 3 rings (SSSR count). The maximum atomic E-state index is 9.19. The van der Waals surface area contributed by atoms with E-state index in [1.165, 1.54) is 0 Å². The van der Waals surface area contributed by atoms with Gasteiger partial charge in [-0.3, -0.25) is 0 Å². The summed E-state index contributed by atoms with van der Waals surface area (Å²) >= 11 is 0. The first kappa shape index (κ1) is 11.5. The standard InChI is InChI=1S/C16H13N3/c1-11-12(2)19(10-18-11)16-8-7-13(9-17)14-5-3-4-6-15(14)16/h3-8,10H,1-2H3. The van der Waals surface area contributed by atoms with Gasteiger partial charge in [0.2, 0.25) is 0 Å². The van der Waals surface area contributed by atoms with Crippen LogP contribution in [0.3, 0.4) is 0 Å². The monoisotopic (exact) mass is 247 g/mol. The van der Waals surface area contributed by atoms with E-state index < -0.39 is 0 Å². The Bertz CT molecular complexity index is 806. The molecule has 0 unspecified atom stereocenters. The summed E-state index contributed by atoms with van der Waals surface area (Å²) in [6.45, 7) is 4.05. The number of aryl methyl sites for hydroxylation is 1.